The van der Waals surface area contributed by atoms with E-state index in [9.17, 15) is 25.0 Å². The van der Waals surface area contributed by atoms with Crippen molar-refractivity contribution in [3.63, 3.8) is 0 Å². The van der Waals surface area contributed by atoms with Crippen molar-refractivity contribution in [2.45, 2.75) is 6.92 Å². The number of nitro benzene ring substituents is 1. The summed E-state index contributed by atoms with van der Waals surface area (Å²) in [4.78, 5) is 32.6. The van der Waals surface area contributed by atoms with Crippen molar-refractivity contribution in [2.75, 3.05) is 0 Å². The number of benzene rings is 1. The van der Waals surface area contributed by atoms with Crippen LogP contribution in [-0.4, -0.2) is 21.5 Å². The van der Waals surface area contributed by atoms with Gasteiger partial charge in [-0.2, -0.15) is 5.10 Å². The molecule has 1 heterocycles. The van der Waals surface area contributed by atoms with E-state index in [0.29, 0.717) is 10.6 Å². The second-order valence-corrected chi connectivity index (χ2v) is 5.28. The maximum absolute atomic E-state index is 11.9. The lowest BCUT2D eigenvalue weighted by molar-refractivity contribution is -0.384. The molecule has 23 heavy (non-hydrogen) atoms. The van der Waals surface area contributed by atoms with Gasteiger partial charge in [0.25, 0.3) is 17.3 Å². The molecule has 2 rings (SSSR count). The van der Waals surface area contributed by atoms with E-state index in [1.807, 2.05) is 0 Å². The number of carbonyl (C=O) groups excluding carboxylic acids is 1. The molecule has 0 bridgehead atoms. The van der Waals surface area contributed by atoms with Gasteiger partial charge in [-0.3, -0.25) is 25.0 Å². The molecule has 0 saturated heterocycles. The highest BCUT2D eigenvalue weighted by Gasteiger charge is 2.13. The lowest BCUT2D eigenvalue weighted by atomic mass is 10.2. The molecule has 118 valence electrons. The molecule has 1 amide bonds. The molecule has 1 N–H and O–H groups in total. The quantitative estimate of drug-likeness (QED) is 0.511. The van der Waals surface area contributed by atoms with Gasteiger partial charge in [-0.1, -0.05) is 6.07 Å². The molecule has 0 atom stereocenters. The highest BCUT2D eigenvalue weighted by atomic mass is 32.1. The van der Waals surface area contributed by atoms with Crippen LogP contribution in [0.3, 0.4) is 0 Å². The van der Waals surface area contributed by atoms with Crippen LogP contribution in [0.15, 0.2) is 40.8 Å². The van der Waals surface area contributed by atoms with Crippen molar-refractivity contribution >= 4 is 34.3 Å². The van der Waals surface area contributed by atoms with Crippen LogP contribution in [0.1, 0.15) is 22.2 Å². The summed E-state index contributed by atoms with van der Waals surface area (Å²) in [5.41, 5.74) is 2.49. The summed E-state index contributed by atoms with van der Waals surface area (Å²) in [6.07, 6.45) is 0. The highest BCUT2D eigenvalue weighted by molar-refractivity contribution is 7.12. The first-order chi connectivity index (χ1) is 10.9. The van der Waals surface area contributed by atoms with Gasteiger partial charge in [0, 0.05) is 23.8 Å². The van der Waals surface area contributed by atoms with E-state index in [0.717, 1.165) is 17.4 Å². The van der Waals surface area contributed by atoms with Crippen molar-refractivity contribution in [3.8, 4) is 0 Å². The van der Waals surface area contributed by atoms with Gasteiger partial charge in [0.1, 0.15) is 0 Å². The summed E-state index contributed by atoms with van der Waals surface area (Å²) in [6, 6.07) is 6.57. The predicted octanol–water partition coefficient (Wildman–Crippen LogP) is 2.72. The summed E-state index contributed by atoms with van der Waals surface area (Å²) in [7, 11) is 0. The van der Waals surface area contributed by atoms with E-state index in [4.69, 9.17) is 0 Å². The lowest BCUT2D eigenvalue weighted by Crippen LogP contribution is -2.19. The van der Waals surface area contributed by atoms with Crippen molar-refractivity contribution < 1.29 is 14.6 Å². The molecule has 0 aliphatic carbocycles. The van der Waals surface area contributed by atoms with Crippen LogP contribution in [0.4, 0.5) is 11.4 Å². The van der Waals surface area contributed by atoms with Crippen molar-refractivity contribution in [2.24, 2.45) is 5.10 Å². The van der Waals surface area contributed by atoms with Crippen LogP contribution in [0, 0.1) is 20.2 Å². The van der Waals surface area contributed by atoms with Crippen molar-refractivity contribution in [1.82, 2.24) is 5.43 Å². The molecular weight excluding hydrogens is 324 g/mol. The van der Waals surface area contributed by atoms with Crippen LogP contribution >= 0.6 is 11.3 Å². The van der Waals surface area contributed by atoms with Gasteiger partial charge in [-0.05, 0) is 13.0 Å². The summed E-state index contributed by atoms with van der Waals surface area (Å²) in [5.74, 6) is -0.612. The molecule has 0 radical (unpaired) electrons. The van der Waals surface area contributed by atoms with E-state index >= 15 is 0 Å². The van der Waals surface area contributed by atoms with Crippen molar-refractivity contribution in [3.05, 3.63) is 66.4 Å². The lowest BCUT2D eigenvalue weighted by Gasteiger charge is -2.01. The minimum Gasteiger partial charge on any atom is -0.267 e. The Kier molecular flexibility index (Phi) is 4.76. The van der Waals surface area contributed by atoms with Crippen LogP contribution in [0.25, 0.3) is 0 Å². The number of rotatable bonds is 5. The Bertz CT molecular complexity index is 814. The molecule has 0 unspecified atom stereocenters. The van der Waals surface area contributed by atoms with E-state index in [1.54, 1.807) is 6.92 Å². The number of hydrogen-bond acceptors (Lipinski definition) is 7. The summed E-state index contributed by atoms with van der Waals surface area (Å²) in [6.45, 7) is 1.59. The molecule has 0 saturated carbocycles. The number of amides is 1. The molecular formula is C13H10N4O5S. The zero-order valence-electron chi connectivity index (χ0n) is 11.8. The molecule has 9 nitrogen and oxygen atoms in total. The first-order valence-corrected chi connectivity index (χ1v) is 7.09. The van der Waals surface area contributed by atoms with Gasteiger partial charge in [0.05, 0.1) is 25.8 Å². The number of nitrogens with one attached hydrogen (secondary N) is 1. The standard InChI is InChI=1S/C13H10N4O5S/c1-8(12-6-11(7-23-12)17(21)22)14-15-13(18)9-3-2-4-10(5-9)16(19)20/h2-7H,1H3,(H,15,18)/b14-8-. The smallest absolute Gasteiger partial charge is 0.267 e. The number of nitrogens with zero attached hydrogens (tertiary/aromatic N) is 3. The predicted molar refractivity (Wildman–Crippen MR) is 83.7 cm³/mol. The normalized spacial score (nSPS) is 11.1. The van der Waals surface area contributed by atoms with Gasteiger partial charge in [-0.25, -0.2) is 5.43 Å². The number of carbonyl (C=O) groups is 1. The monoisotopic (exact) mass is 334 g/mol. The second-order valence-electron chi connectivity index (χ2n) is 4.37. The van der Waals surface area contributed by atoms with Crippen LogP contribution < -0.4 is 5.43 Å². The highest BCUT2D eigenvalue weighted by Crippen LogP contribution is 2.21. The third-order valence-corrected chi connectivity index (χ3v) is 3.82. The minimum atomic E-state index is -0.612. The topological polar surface area (TPSA) is 128 Å². The van der Waals surface area contributed by atoms with Crippen molar-refractivity contribution in [1.29, 1.82) is 0 Å². The summed E-state index contributed by atoms with van der Waals surface area (Å²) >= 11 is 1.13. The Balaban J connectivity index is 2.11. The van der Waals surface area contributed by atoms with E-state index < -0.39 is 15.8 Å². The molecule has 0 aliphatic heterocycles. The molecule has 0 spiro atoms. The molecule has 2 aromatic rings. The number of hydrazone groups is 1. The zero-order valence-corrected chi connectivity index (χ0v) is 12.6. The largest absolute Gasteiger partial charge is 0.280 e. The van der Waals surface area contributed by atoms with Crippen LogP contribution in [0.2, 0.25) is 0 Å². The average molecular weight is 334 g/mol. The molecule has 10 heteroatoms. The van der Waals surface area contributed by atoms with E-state index in [2.05, 4.69) is 10.5 Å². The zero-order chi connectivity index (χ0) is 17.0. The Hall–Kier alpha value is -3.14. The van der Waals surface area contributed by atoms with Gasteiger partial charge in [0.2, 0.25) is 0 Å². The minimum absolute atomic E-state index is 0.0513. The maximum Gasteiger partial charge on any atom is 0.280 e. The number of hydrogen-bond donors (Lipinski definition) is 1. The van der Waals surface area contributed by atoms with E-state index in [-0.39, 0.29) is 16.9 Å². The molecule has 0 aliphatic rings. The Labute approximate surface area is 133 Å². The van der Waals surface area contributed by atoms with Gasteiger partial charge in [0.15, 0.2) is 0 Å². The number of thiophene rings is 1. The molecule has 1 aromatic heterocycles. The summed E-state index contributed by atoms with van der Waals surface area (Å²) in [5, 5.41) is 26.5. The fourth-order valence-corrected chi connectivity index (χ4v) is 2.43. The second kappa shape index (κ2) is 6.75. The Morgan fingerprint density at radius 1 is 1.17 bits per heavy atom. The van der Waals surface area contributed by atoms with E-state index in [1.165, 1.54) is 29.6 Å². The van der Waals surface area contributed by atoms with Gasteiger partial charge >= 0.3 is 0 Å². The first kappa shape index (κ1) is 16.2. The van der Waals surface area contributed by atoms with Gasteiger partial charge < -0.3 is 0 Å². The van der Waals surface area contributed by atoms with Crippen LogP contribution in [-0.2, 0) is 0 Å². The molecule has 0 fully saturated rings. The molecule has 1 aromatic carbocycles. The van der Waals surface area contributed by atoms with Gasteiger partial charge in [-0.15, -0.1) is 11.3 Å². The number of nitro groups is 2. The summed E-state index contributed by atoms with van der Waals surface area (Å²) < 4.78 is 0. The third-order valence-electron chi connectivity index (χ3n) is 2.80. The fraction of sp³-hybridized carbons (Fsp3) is 0.0769. The Morgan fingerprint density at radius 3 is 2.48 bits per heavy atom. The SMILES string of the molecule is C/C(=N/NC(=O)c1cccc([N+](=O)[O-])c1)c1cc([N+](=O)[O-])cs1. The Morgan fingerprint density at radius 2 is 1.87 bits per heavy atom. The average Bonchev–Trinajstić information content (AvgIpc) is 3.02. The third kappa shape index (κ3) is 3.95. The number of non-ortho nitro benzene ring substituents is 1. The fourth-order valence-electron chi connectivity index (χ4n) is 1.63. The maximum atomic E-state index is 11.9. The van der Waals surface area contributed by atoms with Crippen LogP contribution in [0.5, 0.6) is 0 Å². The first-order valence-electron chi connectivity index (χ1n) is 6.21.